The maximum absolute atomic E-state index is 12.6. The van der Waals surface area contributed by atoms with E-state index in [4.69, 9.17) is 0 Å². The molecule has 0 saturated carbocycles. The SMILES string of the molecule is CC1(C)SC2C(NC(=O)CSc3ccncc3)C(=O)N2C1c1nnn[nH]1. The van der Waals surface area contributed by atoms with Crippen LogP contribution in [0.1, 0.15) is 25.7 Å². The number of β-lactam (4-membered cyclic amide) rings is 1. The molecular formula is C15H17N7O2S2. The Morgan fingerprint density at radius 2 is 2.19 bits per heavy atom. The van der Waals surface area contributed by atoms with E-state index in [1.807, 2.05) is 12.1 Å². The van der Waals surface area contributed by atoms with Crippen molar-refractivity contribution in [3.05, 3.63) is 30.4 Å². The summed E-state index contributed by atoms with van der Waals surface area (Å²) in [5.74, 6) is 0.561. The van der Waals surface area contributed by atoms with Crippen molar-refractivity contribution in [2.45, 2.75) is 40.9 Å². The number of aromatic amines is 1. The standard InChI is InChI=1S/C15H17N7O2S2/c1-15(2)11(12-18-20-21-19-12)22-13(24)10(14(22)26-15)17-9(23)7-25-8-3-5-16-6-4-8/h3-6,10-11,14H,7H2,1-2H3,(H,17,23)(H,18,19,20,21). The minimum absolute atomic E-state index is 0.100. The lowest BCUT2D eigenvalue weighted by atomic mass is 9.95. The number of hydrogen-bond acceptors (Lipinski definition) is 8. The smallest absolute Gasteiger partial charge is 0.249 e. The predicted octanol–water partition coefficient (Wildman–Crippen LogP) is 0.607. The molecule has 2 aliphatic heterocycles. The molecule has 0 radical (unpaired) electrons. The normalized spacial score (nSPS) is 26.3. The van der Waals surface area contributed by atoms with Gasteiger partial charge in [0.1, 0.15) is 17.5 Å². The number of aromatic nitrogens is 5. The van der Waals surface area contributed by atoms with Gasteiger partial charge in [0.2, 0.25) is 11.8 Å². The Kier molecular flexibility index (Phi) is 4.35. The number of fused-ring (bicyclic) bond motifs is 1. The van der Waals surface area contributed by atoms with Gasteiger partial charge in [0, 0.05) is 22.0 Å². The number of tetrazole rings is 1. The van der Waals surface area contributed by atoms with Crippen molar-refractivity contribution in [1.82, 2.24) is 35.8 Å². The fraction of sp³-hybridized carbons (Fsp3) is 0.467. The number of nitrogens with one attached hydrogen (secondary N) is 2. The maximum Gasteiger partial charge on any atom is 0.249 e. The summed E-state index contributed by atoms with van der Waals surface area (Å²) in [6.07, 6.45) is 3.37. The van der Waals surface area contributed by atoms with E-state index in [0.717, 1.165) is 4.90 Å². The molecular weight excluding hydrogens is 374 g/mol. The number of nitrogens with zero attached hydrogens (tertiary/aromatic N) is 5. The highest BCUT2D eigenvalue weighted by atomic mass is 32.2. The van der Waals surface area contributed by atoms with Crippen LogP contribution < -0.4 is 5.32 Å². The number of rotatable bonds is 5. The summed E-state index contributed by atoms with van der Waals surface area (Å²) >= 11 is 3.07. The molecule has 2 N–H and O–H groups in total. The van der Waals surface area contributed by atoms with E-state index in [1.165, 1.54) is 11.8 Å². The molecule has 9 nitrogen and oxygen atoms in total. The molecule has 11 heteroatoms. The van der Waals surface area contributed by atoms with Gasteiger partial charge in [0.25, 0.3) is 0 Å². The second kappa shape index (κ2) is 6.54. The van der Waals surface area contributed by atoms with Crippen molar-refractivity contribution in [2.75, 3.05) is 5.75 Å². The van der Waals surface area contributed by atoms with Crippen LogP contribution in [0.3, 0.4) is 0 Å². The summed E-state index contributed by atoms with van der Waals surface area (Å²) in [5, 5.41) is 16.7. The minimum atomic E-state index is -0.509. The van der Waals surface area contributed by atoms with Crippen molar-refractivity contribution >= 4 is 35.3 Å². The van der Waals surface area contributed by atoms with Crippen LogP contribution >= 0.6 is 23.5 Å². The zero-order chi connectivity index (χ0) is 18.3. The minimum Gasteiger partial charge on any atom is -0.341 e. The average Bonchev–Trinajstić information content (AvgIpc) is 3.23. The van der Waals surface area contributed by atoms with Crippen molar-refractivity contribution < 1.29 is 9.59 Å². The first-order chi connectivity index (χ1) is 12.5. The second-order valence-electron chi connectivity index (χ2n) is 6.56. The van der Waals surface area contributed by atoms with E-state index in [9.17, 15) is 9.59 Å². The van der Waals surface area contributed by atoms with E-state index >= 15 is 0 Å². The monoisotopic (exact) mass is 391 g/mol. The molecule has 136 valence electrons. The molecule has 0 aromatic carbocycles. The summed E-state index contributed by atoms with van der Waals surface area (Å²) in [6, 6.07) is 2.95. The molecule has 2 aromatic rings. The molecule has 2 fully saturated rings. The second-order valence-corrected chi connectivity index (χ2v) is 9.38. The van der Waals surface area contributed by atoms with Gasteiger partial charge in [0.05, 0.1) is 5.75 Å². The topological polar surface area (TPSA) is 117 Å². The molecule has 4 heterocycles. The van der Waals surface area contributed by atoms with Gasteiger partial charge in [-0.3, -0.25) is 14.6 Å². The maximum atomic E-state index is 12.6. The summed E-state index contributed by atoms with van der Waals surface area (Å²) in [5.41, 5.74) is 0. The van der Waals surface area contributed by atoms with Crippen LogP contribution in [0.4, 0.5) is 0 Å². The molecule has 0 bridgehead atoms. The Hall–Kier alpha value is -2.14. The lowest BCUT2D eigenvalue weighted by Crippen LogP contribution is -2.68. The molecule has 2 amide bonds. The van der Waals surface area contributed by atoms with Crippen molar-refractivity contribution in [2.24, 2.45) is 0 Å². The first-order valence-corrected chi connectivity index (χ1v) is 9.90. The van der Waals surface area contributed by atoms with Gasteiger partial charge in [-0.2, -0.15) is 0 Å². The number of pyridine rings is 1. The van der Waals surface area contributed by atoms with E-state index in [1.54, 1.807) is 29.1 Å². The molecule has 2 aliphatic rings. The Morgan fingerprint density at radius 3 is 2.88 bits per heavy atom. The van der Waals surface area contributed by atoms with Crippen LogP contribution in [-0.4, -0.2) is 64.2 Å². The van der Waals surface area contributed by atoms with Gasteiger partial charge >= 0.3 is 0 Å². The molecule has 3 unspecified atom stereocenters. The van der Waals surface area contributed by atoms with Crippen molar-refractivity contribution in [3.8, 4) is 0 Å². The van der Waals surface area contributed by atoms with E-state index in [0.29, 0.717) is 5.82 Å². The molecule has 26 heavy (non-hydrogen) atoms. The number of amides is 2. The van der Waals surface area contributed by atoms with Crippen LogP contribution in [0.25, 0.3) is 0 Å². The Labute approximate surface area is 158 Å². The Bertz CT molecular complexity index is 815. The third-order valence-corrected chi connectivity index (χ3v) is 6.98. The van der Waals surface area contributed by atoms with E-state index in [-0.39, 0.29) is 33.7 Å². The van der Waals surface area contributed by atoms with Gasteiger partial charge in [-0.15, -0.1) is 28.6 Å². The van der Waals surface area contributed by atoms with E-state index < -0.39 is 6.04 Å². The largest absolute Gasteiger partial charge is 0.341 e. The van der Waals surface area contributed by atoms with Crippen LogP contribution in [0.15, 0.2) is 29.4 Å². The van der Waals surface area contributed by atoms with Gasteiger partial charge in [0.15, 0.2) is 5.82 Å². The highest BCUT2D eigenvalue weighted by Crippen LogP contribution is 2.56. The highest BCUT2D eigenvalue weighted by molar-refractivity contribution is 8.01. The molecule has 4 rings (SSSR count). The molecule has 0 aliphatic carbocycles. The van der Waals surface area contributed by atoms with Crippen LogP contribution in [0, 0.1) is 0 Å². The number of thioether (sulfide) groups is 2. The van der Waals surface area contributed by atoms with Crippen molar-refractivity contribution in [3.63, 3.8) is 0 Å². The fourth-order valence-corrected chi connectivity index (χ4v) is 5.60. The number of H-pyrrole nitrogens is 1. The molecule has 2 aromatic heterocycles. The number of hydrogen-bond donors (Lipinski definition) is 2. The number of carbonyl (C=O) groups is 2. The lowest BCUT2D eigenvalue weighted by Gasteiger charge is -2.44. The summed E-state index contributed by atoms with van der Waals surface area (Å²) in [4.78, 5) is 31.6. The lowest BCUT2D eigenvalue weighted by molar-refractivity contribution is -0.151. The van der Waals surface area contributed by atoms with Crippen molar-refractivity contribution in [1.29, 1.82) is 0 Å². The van der Waals surface area contributed by atoms with Gasteiger partial charge in [-0.05, 0) is 36.4 Å². The van der Waals surface area contributed by atoms with Crippen LogP contribution in [0.5, 0.6) is 0 Å². The Morgan fingerprint density at radius 1 is 1.42 bits per heavy atom. The third-order valence-electron chi connectivity index (χ3n) is 4.40. The van der Waals surface area contributed by atoms with Crippen LogP contribution in [-0.2, 0) is 9.59 Å². The zero-order valence-corrected chi connectivity index (χ0v) is 15.8. The highest BCUT2D eigenvalue weighted by Gasteiger charge is 2.63. The summed E-state index contributed by atoms with van der Waals surface area (Å²) < 4.78 is -0.257. The van der Waals surface area contributed by atoms with E-state index in [2.05, 4.69) is 44.8 Å². The molecule has 0 spiro atoms. The van der Waals surface area contributed by atoms with Crippen LogP contribution in [0.2, 0.25) is 0 Å². The van der Waals surface area contributed by atoms with Gasteiger partial charge in [-0.25, -0.2) is 5.10 Å². The third kappa shape index (κ3) is 2.94. The average molecular weight is 391 g/mol. The summed E-state index contributed by atoms with van der Waals surface area (Å²) in [6.45, 7) is 4.10. The first kappa shape index (κ1) is 17.3. The summed E-state index contributed by atoms with van der Waals surface area (Å²) in [7, 11) is 0. The Balaban J connectivity index is 1.40. The quantitative estimate of drug-likeness (QED) is 0.562. The van der Waals surface area contributed by atoms with Gasteiger partial charge in [-0.1, -0.05) is 0 Å². The fourth-order valence-electron chi connectivity index (χ4n) is 3.27. The first-order valence-electron chi connectivity index (χ1n) is 8.03. The van der Waals surface area contributed by atoms with Gasteiger partial charge < -0.3 is 10.2 Å². The zero-order valence-electron chi connectivity index (χ0n) is 14.1. The number of carbonyl (C=O) groups excluding carboxylic acids is 2. The molecule has 2 saturated heterocycles. The molecule has 3 atom stereocenters. The predicted molar refractivity (Wildman–Crippen MR) is 96.1 cm³/mol.